The van der Waals surface area contributed by atoms with E-state index in [0.717, 1.165) is 47.8 Å². The average Bonchev–Trinajstić information content (AvgIpc) is 3.10. The van der Waals surface area contributed by atoms with Crippen molar-refractivity contribution >= 4 is 17.5 Å². The number of carbonyl (C=O) groups excluding carboxylic acids is 2. The minimum atomic E-state index is -0.458. The van der Waals surface area contributed by atoms with Crippen LogP contribution in [0.5, 0.6) is 0 Å². The predicted octanol–water partition coefficient (Wildman–Crippen LogP) is 3.42. The van der Waals surface area contributed by atoms with Gasteiger partial charge in [-0.05, 0) is 56.1 Å². The summed E-state index contributed by atoms with van der Waals surface area (Å²) in [5.74, 6) is -0.956. The number of benzene rings is 1. The van der Waals surface area contributed by atoms with Gasteiger partial charge >= 0.3 is 0 Å². The van der Waals surface area contributed by atoms with E-state index in [-0.39, 0.29) is 24.4 Å². The molecule has 0 bridgehead atoms. The fraction of sp³-hybridized carbons (Fsp3) is 0.391. The molecule has 152 valence electrons. The summed E-state index contributed by atoms with van der Waals surface area (Å²) in [6.45, 7) is 3.87. The SMILES string of the molecule is CC(C(=O)N(O)CN1CCCCC1)c1ccc(N2C=C3C=CC=CC3C2=O)cc1. The molecule has 1 fully saturated rings. The Morgan fingerprint density at radius 3 is 2.59 bits per heavy atom. The van der Waals surface area contributed by atoms with Crippen molar-refractivity contribution < 1.29 is 14.8 Å². The smallest absolute Gasteiger partial charge is 0.254 e. The maximum Gasteiger partial charge on any atom is 0.254 e. The van der Waals surface area contributed by atoms with E-state index in [0.29, 0.717) is 0 Å². The minimum Gasteiger partial charge on any atom is -0.287 e. The van der Waals surface area contributed by atoms with Crippen LogP contribution in [0.4, 0.5) is 5.69 Å². The highest BCUT2D eigenvalue weighted by Crippen LogP contribution is 2.32. The molecule has 1 N–H and O–H groups in total. The zero-order chi connectivity index (χ0) is 20.4. The lowest BCUT2D eigenvalue weighted by Gasteiger charge is -2.30. The van der Waals surface area contributed by atoms with E-state index in [1.54, 1.807) is 11.8 Å². The lowest BCUT2D eigenvalue weighted by Crippen LogP contribution is -2.43. The Kier molecular flexibility index (Phi) is 5.65. The van der Waals surface area contributed by atoms with Gasteiger partial charge in [-0.3, -0.25) is 24.6 Å². The maximum absolute atomic E-state index is 12.6. The summed E-state index contributed by atoms with van der Waals surface area (Å²) in [6.07, 6.45) is 13.0. The number of nitrogens with zero attached hydrogens (tertiary/aromatic N) is 3. The van der Waals surface area contributed by atoms with Crippen molar-refractivity contribution in [2.45, 2.75) is 32.1 Å². The Labute approximate surface area is 171 Å². The minimum absolute atomic E-state index is 0.0283. The van der Waals surface area contributed by atoms with Crippen molar-refractivity contribution in [3.63, 3.8) is 0 Å². The molecule has 1 saturated heterocycles. The van der Waals surface area contributed by atoms with Crippen LogP contribution in [-0.4, -0.2) is 46.7 Å². The Bertz CT molecular complexity index is 866. The van der Waals surface area contributed by atoms with Crippen LogP contribution < -0.4 is 4.90 Å². The molecule has 0 aromatic heterocycles. The molecule has 0 radical (unpaired) electrons. The van der Waals surface area contributed by atoms with Crippen molar-refractivity contribution in [2.24, 2.45) is 5.92 Å². The quantitative estimate of drug-likeness (QED) is 0.615. The standard InChI is InChI=1S/C23H27N3O3/c1-17(22(27)26(29)16-24-13-5-2-6-14-24)18-9-11-20(12-10-18)25-15-19-7-3-4-8-21(19)23(25)28/h3-4,7-12,15,17,21,29H,2,5-6,13-14,16H2,1H3. The van der Waals surface area contributed by atoms with E-state index < -0.39 is 5.92 Å². The third-order valence-corrected chi connectivity index (χ3v) is 5.92. The zero-order valence-corrected chi connectivity index (χ0v) is 16.7. The lowest BCUT2D eigenvalue weighted by molar-refractivity contribution is -0.176. The molecule has 6 heteroatoms. The first-order valence-electron chi connectivity index (χ1n) is 10.3. The third-order valence-electron chi connectivity index (χ3n) is 5.92. The monoisotopic (exact) mass is 393 g/mol. The first kappa shape index (κ1) is 19.6. The fourth-order valence-electron chi connectivity index (χ4n) is 4.12. The van der Waals surface area contributed by atoms with Gasteiger partial charge in [-0.25, -0.2) is 5.06 Å². The van der Waals surface area contributed by atoms with Crippen molar-refractivity contribution in [3.8, 4) is 0 Å². The van der Waals surface area contributed by atoms with Gasteiger partial charge in [0.15, 0.2) is 0 Å². The first-order valence-corrected chi connectivity index (χ1v) is 10.3. The molecule has 3 aliphatic rings. The second-order valence-electron chi connectivity index (χ2n) is 7.93. The van der Waals surface area contributed by atoms with Gasteiger partial charge in [0.2, 0.25) is 5.91 Å². The highest BCUT2D eigenvalue weighted by Gasteiger charge is 2.32. The number of likely N-dealkylation sites (tertiary alicyclic amines) is 1. The molecule has 2 aliphatic heterocycles. The van der Waals surface area contributed by atoms with Gasteiger partial charge < -0.3 is 0 Å². The molecule has 1 aromatic rings. The van der Waals surface area contributed by atoms with Gasteiger partial charge in [-0.1, -0.05) is 42.9 Å². The number of rotatable bonds is 5. The van der Waals surface area contributed by atoms with Crippen LogP contribution in [0.3, 0.4) is 0 Å². The second-order valence-corrected chi connectivity index (χ2v) is 7.93. The average molecular weight is 393 g/mol. The number of hydroxylamine groups is 2. The van der Waals surface area contributed by atoms with Crippen LogP contribution in [0, 0.1) is 5.92 Å². The van der Waals surface area contributed by atoms with E-state index in [2.05, 4.69) is 4.90 Å². The van der Waals surface area contributed by atoms with Gasteiger partial charge in [-0.2, -0.15) is 0 Å². The largest absolute Gasteiger partial charge is 0.287 e. The molecule has 6 nitrogen and oxygen atoms in total. The molecule has 2 atom stereocenters. The van der Waals surface area contributed by atoms with Gasteiger partial charge in [0, 0.05) is 11.9 Å². The molecule has 29 heavy (non-hydrogen) atoms. The van der Waals surface area contributed by atoms with Crippen molar-refractivity contribution in [1.82, 2.24) is 9.96 Å². The molecular weight excluding hydrogens is 366 g/mol. The number of fused-ring (bicyclic) bond motifs is 1. The Balaban J connectivity index is 1.41. The number of allylic oxidation sites excluding steroid dienone is 3. The normalized spacial score (nSPS) is 22.4. The molecule has 0 saturated carbocycles. The van der Waals surface area contributed by atoms with Crippen molar-refractivity contribution in [3.05, 3.63) is 65.9 Å². The maximum atomic E-state index is 12.6. The van der Waals surface area contributed by atoms with Crippen LogP contribution in [-0.2, 0) is 9.59 Å². The van der Waals surface area contributed by atoms with Crippen molar-refractivity contribution in [1.29, 1.82) is 0 Å². The number of anilines is 1. The summed E-state index contributed by atoms with van der Waals surface area (Å²) in [6, 6.07) is 7.41. The number of hydrogen-bond acceptors (Lipinski definition) is 4. The van der Waals surface area contributed by atoms with Gasteiger partial charge in [-0.15, -0.1) is 0 Å². The topological polar surface area (TPSA) is 64.1 Å². The van der Waals surface area contributed by atoms with Gasteiger partial charge in [0.25, 0.3) is 5.91 Å². The van der Waals surface area contributed by atoms with Crippen LogP contribution >= 0.6 is 0 Å². The van der Waals surface area contributed by atoms with Crippen molar-refractivity contribution in [2.75, 3.05) is 24.7 Å². The van der Waals surface area contributed by atoms with E-state index in [4.69, 9.17) is 0 Å². The number of hydrogen-bond donors (Lipinski definition) is 1. The third kappa shape index (κ3) is 4.04. The number of amides is 2. The molecule has 1 aliphatic carbocycles. The molecule has 2 heterocycles. The summed E-state index contributed by atoms with van der Waals surface area (Å²) in [5, 5.41) is 11.1. The highest BCUT2D eigenvalue weighted by atomic mass is 16.5. The Hall–Kier alpha value is -2.70. The summed E-state index contributed by atoms with van der Waals surface area (Å²) in [5.41, 5.74) is 2.57. The molecule has 1 aromatic carbocycles. The number of carbonyl (C=O) groups is 2. The highest BCUT2D eigenvalue weighted by molar-refractivity contribution is 6.03. The predicted molar refractivity (Wildman–Crippen MR) is 111 cm³/mol. The molecule has 2 unspecified atom stereocenters. The zero-order valence-electron chi connectivity index (χ0n) is 16.7. The Morgan fingerprint density at radius 2 is 1.90 bits per heavy atom. The van der Waals surface area contributed by atoms with Crippen LogP contribution in [0.25, 0.3) is 0 Å². The molecule has 2 amide bonds. The van der Waals surface area contributed by atoms with Gasteiger partial charge in [0.05, 0.1) is 11.8 Å². The van der Waals surface area contributed by atoms with E-state index >= 15 is 0 Å². The second kappa shape index (κ2) is 8.35. The van der Waals surface area contributed by atoms with Gasteiger partial charge in [0.1, 0.15) is 6.67 Å². The summed E-state index contributed by atoms with van der Waals surface area (Å²) >= 11 is 0. The summed E-state index contributed by atoms with van der Waals surface area (Å²) in [7, 11) is 0. The van der Waals surface area contributed by atoms with E-state index in [1.807, 2.05) is 54.8 Å². The molecule has 0 spiro atoms. The fourth-order valence-corrected chi connectivity index (χ4v) is 4.12. The van der Waals surface area contributed by atoms with Crippen LogP contribution in [0.1, 0.15) is 37.7 Å². The lowest BCUT2D eigenvalue weighted by atomic mass is 9.97. The van der Waals surface area contributed by atoms with Crippen LogP contribution in [0.15, 0.2) is 60.3 Å². The summed E-state index contributed by atoms with van der Waals surface area (Å²) in [4.78, 5) is 29.0. The van der Waals surface area contributed by atoms with Crippen LogP contribution in [0.2, 0.25) is 0 Å². The van der Waals surface area contributed by atoms with E-state index in [1.165, 1.54) is 6.42 Å². The first-order chi connectivity index (χ1) is 14.0. The Morgan fingerprint density at radius 1 is 1.17 bits per heavy atom. The molecular formula is C23H27N3O3. The number of piperidine rings is 1. The molecule has 4 rings (SSSR count). The summed E-state index contributed by atoms with van der Waals surface area (Å²) < 4.78 is 0. The van der Waals surface area contributed by atoms with E-state index in [9.17, 15) is 14.8 Å².